The van der Waals surface area contributed by atoms with Gasteiger partial charge in [0.15, 0.2) is 0 Å². The quantitative estimate of drug-likeness (QED) is 0.588. The smallest absolute Gasteiger partial charge is 0.00241 e. The Morgan fingerprint density at radius 2 is 1.70 bits per heavy atom. The summed E-state index contributed by atoms with van der Waals surface area (Å²) in [6, 6.07) is 13.4. The van der Waals surface area contributed by atoms with Gasteiger partial charge in [-0.2, -0.15) is 0 Å². The van der Waals surface area contributed by atoms with Crippen molar-refractivity contribution >= 4 is 33.7 Å². The van der Waals surface area contributed by atoms with Crippen LogP contribution in [0.3, 0.4) is 0 Å². The van der Waals surface area contributed by atoms with Crippen LogP contribution in [-0.2, 0) is 0 Å². The molecule has 0 aliphatic rings. The topological polar surface area (TPSA) is 0 Å². The van der Waals surface area contributed by atoms with Gasteiger partial charge in [0, 0.05) is 0 Å². The molecule has 3 aromatic rings. The first-order chi connectivity index (χ1) is 9.67. The second kappa shape index (κ2) is 4.79. The minimum absolute atomic E-state index is 0.534. The molecule has 0 aromatic heterocycles. The molecular formula is C20H20. The molecule has 0 heteroatoms. The molecule has 3 rings (SSSR count). The van der Waals surface area contributed by atoms with Crippen LogP contribution in [0.1, 0.15) is 37.8 Å². The molecule has 0 unspecified atom stereocenters. The molecule has 0 bridgehead atoms. The SMILES string of the molecule is C=Cc1ccc2c(C(C)C)ccc3cc/c(=C/C)c1c32. The zero-order valence-corrected chi connectivity index (χ0v) is 12.4. The Bertz CT molecular complexity index is 851. The van der Waals surface area contributed by atoms with Crippen molar-refractivity contribution in [2.75, 3.05) is 0 Å². The molecule has 0 saturated carbocycles. The first kappa shape index (κ1) is 12.9. The summed E-state index contributed by atoms with van der Waals surface area (Å²) >= 11 is 0. The Hall–Kier alpha value is -2.08. The molecule has 0 aliphatic carbocycles. The lowest BCUT2D eigenvalue weighted by Crippen LogP contribution is -2.04. The molecule has 0 aliphatic heterocycles. The molecule has 100 valence electrons. The van der Waals surface area contributed by atoms with E-state index in [1.54, 1.807) is 0 Å². The highest BCUT2D eigenvalue weighted by atomic mass is 14.1. The molecule has 0 N–H and O–H groups in total. The Labute approximate surface area is 120 Å². The van der Waals surface area contributed by atoms with Crippen LogP contribution in [0.15, 0.2) is 43.0 Å². The van der Waals surface area contributed by atoms with Crippen LogP contribution in [0, 0.1) is 0 Å². The van der Waals surface area contributed by atoms with Gasteiger partial charge in [0.05, 0.1) is 0 Å². The van der Waals surface area contributed by atoms with E-state index in [0.29, 0.717) is 5.92 Å². The van der Waals surface area contributed by atoms with Crippen molar-refractivity contribution in [1.29, 1.82) is 0 Å². The molecule has 0 radical (unpaired) electrons. The van der Waals surface area contributed by atoms with Crippen molar-refractivity contribution in [3.8, 4) is 0 Å². The van der Waals surface area contributed by atoms with Crippen molar-refractivity contribution in [2.24, 2.45) is 0 Å². The average Bonchev–Trinajstić information content (AvgIpc) is 2.47. The van der Waals surface area contributed by atoms with E-state index in [0.717, 1.165) is 0 Å². The molecule has 0 spiro atoms. The van der Waals surface area contributed by atoms with Crippen molar-refractivity contribution < 1.29 is 0 Å². The second-order valence-corrected chi connectivity index (χ2v) is 5.63. The molecule has 3 aromatic carbocycles. The lowest BCUT2D eigenvalue weighted by molar-refractivity contribution is 0.877. The Morgan fingerprint density at radius 1 is 0.950 bits per heavy atom. The standard InChI is InChI=1S/C20H20/c1-5-14-7-8-16-10-11-17(13(3)4)18-12-9-15(6-2)19(14)20(16)18/h5-13H,2H2,1,3-4H3/b14-5-. The van der Waals surface area contributed by atoms with E-state index in [2.05, 4.69) is 69.8 Å². The third-order valence-electron chi connectivity index (χ3n) is 4.16. The number of hydrogen-bond donors (Lipinski definition) is 0. The van der Waals surface area contributed by atoms with Gasteiger partial charge in [-0.1, -0.05) is 69.0 Å². The maximum atomic E-state index is 3.98. The first-order valence-electron chi connectivity index (χ1n) is 7.24. The van der Waals surface area contributed by atoms with Crippen molar-refractivity contribution in [2.45, 2.75) is 26.7 Å². The number of rotatable bonds is 2. The van der Waals surface area contributed by atoms with Gasteiger partial charge in [-0.15, -0.1) is 0 Å². The van der Waals surface area contributed by atoms with E-state index in [4.69, 9.17) is 0 Å². The number of benzene rings is 3. The highest BCUT2D eigenvalue weighted by molar-refractivity contribution is 6.14. The van der Waals surface area contributed by atoms with E-state index in [1.165, 1.54) is 37.9 Å². The summed E-state index contributed by atoms with van der Waals surface area (Å²) in [7, 11) is 0. The molecule has 0 nitrogen and oxygen atoms in total. The average molecular weight is 260 g/mol. The van der Waals surface area contributed by atoms with E-state index in [9.17, 15) is 0 Å². The molecule has 0 heterocycles. The predicted molar refractivity (Wildman–Crippen MR) is 91.0 cm³/mol. The summed E-state index contributed by atoms with van der Waals surface area (Å²) in [6.07, 6.45) is 4.15. The number of hydrogen-bond acceptors (Lipinski definition) is 0. The van der Waals surface area contributed by atoms with E-state index in [-0.39, 0.29) is 0 Å². The van der Waals surface area contributed by atoms with Gasteiger partial charge in [0.2, 0.25) is 0 Å². The van der Waals surface area contributed by atoms with Gasteiger partial charge in [-0.3, -0.25) is 0 Å². The summed E-state index contributed by atoms with van der Waals surface area (Å²) in [6.45, 7) is 10.6. The molecule has 0 saturated heterocycles. The predicted octanol–water partition coefficient (Wildman–Crippen LogP) is 5.28. The normalized spacial score (nSPS) is 12.7. The first-order valence-corrected chi connectivity index (χ1v) is 7.24. The van der Waals surface area contributed by atoms with Crippen molar-refractivity contribution in [3.05, 3.63) is 59.3 Å². The Morgan fingerprint density at radius 3 is 2.35 bits per heavy atom. The van der Waals surface area contributed by atoms with Gasteiger partial charge in [0.1, 0.15) is 0 Å². The minimum atomic E-state index is 0.534. The fraction of sp³-hybridized carbons (Fsp3) is 0.200. The third-order valence-corrected chi connectivity index (χ3v) is 4.16. The van der Waals surface area contributed by atoms with E-state index >= 15 is 0 Å². The molecule has 0 fully saturated rings. The lowest BCUT2D eigenvalue weighted by atomic mass is 9.89. The lowest BCUT2D eigenvalue weighted by Gasteiger charge is -2.15. The van der Waals surface area contributed by atoms with Crippen LogP contribution in [0.4, 0.5) is 0 Å². The van der Waals surface area contributed by atoms with Crippen LogP contribution in [-0.4, -0.2) is 0 Å². The fourth-order valence-corrected chi connectivity index (χ4v) is 3.14. The summed E-state index contributed by atoms with van der Waals surface area (Å²) in [5, 5.41) is 6.69. The maximum absolute atomic E-state index is 3.98. The van der Waals surface area contributed by atoms with Crippen LogP contribution in [0.25, 0.3) is 33.7 Å². The zero-order chi connectivity index (χ0) is 14.3. The van der Waals surface area contributed by atoms with Crippen LogP contribution >= 0.6 is 0 Å². The largest absolute Gasteiger partial charge is 0.0984 e. The highest BCUT2D eigenvalue weighted by Crippen LogP contribution is 2.33. The van der Waals surface area contributed by atoms with Gasteiger partial charge in [-0.05, 0) is 50.7 Å². The fourth-order valence-electron chi connectivity index (χ4n) is 3.14. The molecule has 20 heavy (non-hydrogen) atoms. The summed E-state index contributed by atoms with van der Waals surface area (Å²) < 4.78 is 0. The zero-order valence-electron chi connectivity index (χ0n) is 12.4. The van der Waals surface area contributed by atoms with Crippen LogP contribution in [0.5, 0.6) is 0 Å². The van der Waals surface area contributed by atoms with Gasteiger partial charge < -0.3 is 0 Å². The monoisotopic (exact) mass is 260 g/mol. The summed E-state index contributed by atoms with van der Waals surface area (Å²) in [5.74, 6) is 0.534. The maximum Gasteiger partial charge on any atom is -0.00241 e. The Balaban J connectivity index is 2.65. The van der Waals surface area contributed by atoms with Gasteiger partial charge in [-0.25, -0.2) is 0 Å². The second-order valence-electron chi connectivity index (χ2n) is 5.63. The van der Waals surface area contributed by atoms with E-state index < -0.39 is 0 Å². The highest BCUT2D eigenvalue weighted by Gasteiger charge is 2.11. The molecule has 0 amide bonds. The van der Waals surface area contributed by atoms with Gasteiger partial charge in [0.25, 0.3) is 0 Å². The van der Waals surface area contributed by atoms with Crippen LogP contribution in [0.2, 0.25) is 0 Å². The minimum Gasteiger partial charge on any atom is -0.0984 e. The summed E-state index contributed by atoms with van der Waals surface area (Å²) in [5.41, 5.74) is 2.64. The van der Waals surface area contributed by atoms with Crippen molar-refractivity contribution in [1.82, 2.24) is 0 Å². The van der Waals surface area contributed by atoms with Gasteiger partial charge >= 0.3 is 0 Å². The van der Waals surface area contributed by atoms with Crippen molar-refractivity contribution in [3.63, 3.8) is 0 Å². The third kappa shape index (κ3) is 1.76. The van der Waals surface area contributed by atoms with Crippen LogP contribution < -0.4 is 5.22 Å². The summed E-state index contributed by atoms with van der Waals surface area (Å²) in [4.78, 5) is 0. The Kier molecular flexibility index (Phi) is 3.10. The van der Waals surface area contributed by atoms with E-state index in [1.807, 2.05) is 6.08 Å². The molecular weight excluding hydrogens is 240 g/mol. The molecule has 0 atom stereocenters.